The Morgan fingerprint density at radius 3 is 2.41 bits per heavy atom. The van der Waals surface area contributed by atoms with Crippen LogP contribution in [0.5, 0.6) is 0 Å². The molecule has 1 saturated carbocycles. The molecule has 0 radical (unpaired) electrons. The number of pyridine rings is 1. The molecular weight excluding hydrogens is 364 g/mol. The van der Waals surface area contributed by atoms with E-state index in [9.17, 15) is 4.79 Å². The van der Waals surface area contributed by atoms with Crippen LogP contribution in [0.1, 0.15) is 31.7 Å². The van der Waals surface area contributed by atoms with Crippen molar-refractivity contribution >= 4 is 17.5 Å². The second-order valence-corrected chi connectivity index (χ2v) is 7.05. The molecule has 0 aliphatic heterocycles. The van der Waals surface area contributed by atoms with E-state index in [1.165, 1.54) is 0 Å². The predicted octanol–water partition coefficient (Wildman–Crippen LogP) is 3.34. The fourth-order valence-electron chi connectivity index (χ4n) is 3.40. The molecule has 0 saturated heterocycles. The van der Waals surface area contributed by atoms with Crippen molar-refractivity contribution in [3.8, 4) is 11.3 Å². The molecule has 0 amide bonds. The van der Waals surface area contributed by atoms with Gasteiger partial charge in [-0.1, -0.05) is 11.6 Å². The Balaban J connectivity index is 1.45. The van der Waals surface area contributed by atoms with E-state index in [1.54, 1.807) is 41.6 Å². The van der Waals surface area contributed by atoms with Crippen molar-refractivity contribution in [2.75, 3.05) is 5.32 Å². The van der Waals surface area contributed by atoms with Gasteiger partial charge in [-0.15, -0.1) is 0 Å². The molecule has 3 aromatic heterocycles. The van der Waals surface area contributed by atoms with Crippen LogP contribution < -0.4 is 10.9 Å². The number of rotatable bonds is 4. The van der Waals surface area contributed by atoms with Crippen LogP contribution in [0, 0.1) is 0 Å². The molecule has 1 N–H and O–H groups in total. The maximum atomic E-state index is 12.3. The average Bonchev–Trinajstić information content (AvgIpc) is 2.71. The summed E-state index contributed by atoms with van der Waals surface area (Å²) in [5, 5.41) is 8.46. The lowest BCUT2D eigenvalue weighted by atomic mass is 9.91. The van der Waals surface area contributed by atoms with E-state index in [1.807, 2.05) is 12.1 Å². The lowest BCUT2D eigenvalue weighted by Crippen LogP contribution is -2.33. The highest BCUT2D eigenvalue weighted by atomic mass is 35.5. The first-order valence-corrected chi connectivity index (χ1v) is 9.31. The zero-order valence-corrected chi connectivity index (χ0v) is 15.4. The monoisotopic (exact) mass is 382 g/mol. The summed E-state index contributed by atoms with van der Waals surface area (Å²) in [5.74, 6) is 0.581. The average molecular weight is 383 g/mol. The van der Waals surface area contributed by atoms with Gasteiger partial charge >= 0.3 is 0 Å². The molecule has 0 aromatic carbocycles. The van der Waals surface area contributed by atoms with Gasteiger partial charge in [-0.3, -0.25) is 9.78 Å². The van der Waals surface area contributed by atoms with E-state index in [0.29, 0.717) is 11.0 Å². The zero-order chi connectivity index (χ0) is 18.6. The van der Waals surface area contributed by atoms with Crippen LogP contribution in [-0.4, -0.2) is 30.8 Å². The summed E-state index contributed by atoms with van der Waals surface area (Å²) in [6.45, 7) is 0. The Labute approximate surface area is 161 Å². The molecule has 1 aliphatic carbocycles. The van der Waals surface area contributed by atoms with Crippen molar-refractivity contribution in [1.29, 1.82) is 0 Å². The van der Waals surface area contributed by atoms with Gasteiger partial charge in [0.25, 0.3) is 5.56 Å². The maximum Gasteiger partial charge on any atom is 0.267 e. The summed E-state index contributed by atoms with van der Waals surface area (Å²) in [6, 6.07) is 7.52. The van der Waals surface area contributed by atoms with Gasteiger partial charge in [-0.25, -0.2) is 14.6 Å². The van der Waals surface area contributed by atoms with Crippen LogP contribution in [-0.2, 0) is 0 Å². The Morgan fingerprint density at radius 1 is 1.00 bits per heavy atom. The largest absolute Gasteiger partial charge is 0.351 e. The van der Waals surface area contributed by atoms with Crippen molar-refractivity contribution in [3.05, 3.63) is 64.4 Å². The van der Waals surface area contributed by atoms with Crippen molar-refractivity contribution in [1.82, 2.24) is 24.7 Å². The molecular formula is C19H19ClN6O. The number of halogens is 1. The Morgan fingerprint density at radius 2 is 1.70 bits per heavy atom. The molecule has 138 valence electrons. The summed E-state index contributed by atoms with van der Waals surface area (Å²) in [6.07, 6.45) is 10.2. The number of hydrogen-bond acceptors (Lipinski definition) is 6. The van der Waals surface area contributed by atoms with Gasteiger partial charge in [0.1, 0.15) is 0 Å². The van der Waals surface area contributed by atoms with Crippen molar-refractivity contribution in [2.24, 2.45) is 0 Å². The fraction of sp³-hybridized carbons (Fsp3) is 0.316. The lowest BCUT2D eigenvalue weighted by Gasteiger charge is -2.29. The first kappa shape index (κ1) is 17.6. The quantitative estimate of drug-likeness (QED) is 0.744. The number of aromatic nitrogens is 5. The molecule has 0 unspecified atom stereocenters. The van der Waals surface area contributed by atoms with E-state index in [2.05, 4.69) is 25.4 Å². The Bertz CT molecular complexity index is 952. The molecule has 27 heavy (non-hydrogen) atoms. The first-order valence-electron chi connectivity index (χ1n) is 8.93. The molecule has 8 heteroatoms. The number of nitrogens with one attached hydrogen (secondary N) is 1. The molecule has 3 heterocycles. The van der Waals surface area contributed by atoms with Gasteiger partial charge in [0.2, 0.25) is 5.95 Å². The van der Waals surface area contributed by atoms with Gasteiger partial charge in [-0.05, 0) is 43.9 Å². The van der Waals surface area contributed by atoms with Crippen LogP contribution in [0.4, 0.5) is 5.95 Å². The van der Waals surface area contributed by atoms with E-state index in [-0.39, 0.29) is 17.6 Å². The standard InChI is InChI=1S/C19H19ClN6O/c20-14-11-22-19(23-12-14)24-15-1-3-16(4-2-15)26-18(27)6-5-17(25-26)13-7-9-21-10-8-13/h5-12,15-16H,1-4H2,(H,22,23,24). The number of hydrogen-bond donors (Lipinski definition) is 1. The minimum atomic E-state index is -0.0646. The molecule has 0 atom stereocenters. The summed E-state index contributed by atoms with van der Waals surface area (Å²) in [5.41, 5.74) is 1.67. The normalized spacial score (nSPS) is 19.6. The molecule has 3 aromatic rings. The van der Waals surface area contributed by atoms with E-state index >= 15 is 0 Å². The minimum absolute atomic E-state index is 0.0646. The summed E-state index contributed by atoms with van der Waals surface area (Å²) >= 11 is 5.82. The van der Waals surface area contributed by atoms with E-state index < -0.39 is 0 Å². The summed E-state index contributed by atoms with van der Waals surface area (Å²) in [7, 11) is 0. The van der Waals surface area contributed by atoms with Gasteiger partial charge in [0.15, 0.2) is 0 Å². The third-order valence-corrected chi connectivity index (χ3v) is 4.99. The predicted molar refractivity (Wildman–Crippen MR) is 104 cm³/mol. The van der Waals surface area contributed by atoms with Gasteiger partial charge in [0, 0.05) is 30.1 Å². The third-order valence-electron chi connectivity index (χ3n) is 4.80. The van der Waals surface area contributed by atoms with Crippen LogP contribution in [0.3, 0.4) is 0 Å². The van der Waals surface area contributed by atoms with E-state index in [4.69, 9.17) is 11.6 Å². The molecule has 0 spiro atoms. The molecule has 4 rings (SSSR count). The van der Waals surface area contributed by atoms with Crippen LogP contribution in [0.15, 0.2) is 53.8 Å². The second-order valence-electron chi connectivity index (χ2n) is 6.61. The topological polar surface area (TPSA) is 85.6 Å². The minimum Gasteiger partial charge on any atom is -0.351 e. The smallest absolute Gasteiger partial charge is 0.267 e. The Hall–Kier alpha value is -2.80. The lowest BCUT2D eigenvalue weighted by molar-refractivity contribution is 0.304. The van der Waals surface area contributed by atoms with Crippen LogP contribution in [0.2, 0.25) is 5.02 Å². The summed E-state index contributed by atoms with van der Waals surface area (Å²) < 4.78 is 1.63. The highest BCUT2D eigenvalue weighted by Gasteiger charge is 2.24. The van der Waals surface area contributed by atoms with Crippen molar-refractivity contribution < 1.29 is 0 Å². The van der Waals surface area contributed by atoms with Crippen LogP contribution in [0.25, 0.3) is 11.3 Å². The molecule has 0 bridgehead atoms. The van der Waals surface area contributed by atoms with Crippen molar-refractivity contribution in [3.63, 3.8) is 0 Å². The summed E-state index contributed by atoms with van der Waals surface area (Å²) in [4.78, 5) is 24.7. The van der Waals surface area contributed by atoms with Gasteiger partial charge in [0.05, 0.1) is 29.2 Å². The van der Waals surface area contributed by atoms with E-state index in [0.717, 1.165) is 36.9 Å². The Kier molecular flexibility index (Phi) is 5.11. The molecule has 7 nitrogen and oxygen atoms in total. The number of anilines is 1. The van der Waals surface area contributed by atoms with Crippen LogP contribution >= 0.6 is 11.6 Å². The SMILES string of the molecule is O=c1ccc(-c2ccncc2)nn1C1CCC(Nc2ncc(Cl)cn2)CC1. The zero-order valence-electron chi connectivity index (χ0n) is 14.6. The first-order chi connectivity index (χ1) is 13.2. The number of nitrogens with zero attached hydrogens (tertiary/aromatic N) is 5. The van der Waals surface area contributed by atoms with Gasteiger partial charge in [-0.2, -0.15) is 5.10 Å². The second kappa shape index (κ2) is 7.84. The maximum absolute atomic E-state index is 12.3. The highest BCUT2D eigenvalue weighted by Crippen LogP contribution is 2.29. The highest BCUT2D eigenvalue weighted by molar-refractivity contribution is 6.30. The molecule has 1 fully saturated rings. The third kappa shape index (κ3) is 4.14. The van der Waals surface area contributed by atoms with Gasteiger partial charge < -0.3 is 5.32 Å². The fourth-order valence-corrected chi connectivity index (χ4v) is 3.50. The van der Waals surface area contributed by atoms with Crippen molar-refractivity contribution in [2.45, 2.75) is 37.8 Å². The molecule has 1 aliphatic rings.